The van der Waals surface area contributed by atoms with Crippen molar-refractivity contribution in [2.75, 3.05) is 44.8 Å². The van der Waals surface area contributed by atoms with Crippen LogP contribution >= 0.6 is 0 Å². The molecule has 2 aliphatic heterocycles. The van der Waals surface area contributed by atoms with Gasteiger partial charge in [0, 0.05) is 32.7 Å². The molecule has 0 atom stereocenters. The summed E-state index contributed by atoms with van der Waals surface area (Å²) in [7, 11) is 0. The van der Waals surface area contributed by atoms with Gasteiger partial charge in [-0.2, -0.15) is 0 Å². The Morgan fingerprint density at radius 2 is 2.00 bits per heavy atom. The minimum Gasteiger partial charge on any atom is -0.471 e. The normalized spacial score (nSPS) is 19.3. The van der Waals surface area contributed by atoms with Gasteiger partial charge in [-0.15, -0.1) is 6.42 Å². The third-order valence-corrected chi connectivity index (χ3v) is 3.72. The van der Waals surface area contributed by atoms with Gasteiger partial charge in [0.05, 0.1) is 12.2 Å². The molecule has 2 aliphatic rings. The van der Waals surface area contributed by atoms with Crippen LogP contribution in [-0.4, -0.2) is 49.3 Å². The zero-order chi connectivity index (χ0) is 13.1. The highest BCUT2D eigenvalue weighted by molar-refractivity contribution is 5.60. The molecule has 1 fully saturated rings. The highest BCUT2D eigenvalue weighted by Gasteiger charge is 2.17. The van der Waals surface area contributed by atoms with Crippen LogP contribution in [0.1, 0.15) is 5.56 Å². The van der Waals surface area contributed by atoms with Gasteiger partial charge in [0.2, 0.25) is 0 Å². The Labute approximate surface area is 114 Å². The Morgan fingerprint density at radius 1 is 1.21 bits per heavy atom. The van der Waals surface area contributed by atoms with Gasteiger partial charge in [0.25, 0.3) is 0 Å². The summed E-state index contributed by atoms with van der Waals surface area (Å²) in [5, 5.41) is 3.19. The summed E-state index contributed by atoms with van der Waals surface area (Å²) in [4.78, 5) is 4.79. The van der Waals surface area contributed by atoms with Crippen LogP contribution in [0.15, 0.2) is 18.2 Å². The summed E-state index contributed by atoms with van der Waals surface area (Å²) < 4.78 is 5.52. The third kappa shape index (κ3) is 2.83. The number of nitrogens with zero attached hydrogens (tertiary/aromatic N) is 2. The number of benzene rings is 1. The average Bonchev–Trinajstić information content (AvgIpc) is 2.89. The lowest BCUT2D eigenvalue weighted by Crippen LogP contribution is -2.45. The van der Waals surface area contributed by atoms with E-state index in [0.29, 0.717) is 6.73 Å². The van der Waals surface area contributed by atoms with Crippen LogP contribution in [0.2, 0.25) is 0 Å². The minimum atomic E-state index is 0.587. The van der Waals surface area contributed by atoms with E-state index in [-0.39, 0.29) is 0 Å². The van der Waals surface area contributed by atoms with E-state index in [1.54, 1.807) is 0 Å². The lowest BCUT2D eigenvalue weighted by Gasteiger charge is -2.33. The molecule has 0 aliphatic carbocycles. The second kappa shape index (κ2) is 5.52. The van der Waals surface area contributed by atoms with Crippen LogP contribution in [0.5, 0.6) is 5.75 Å². The molecular weight excluding hydrogens is 238 g/mol. The van der Waals surface area contributed by atoms with E-state index in [9.17, 15) is 0 Å². The van der Waals surface area contributed by atoms with Crippen molar-refractivity contribution in [3.63, 3.8) is 0 Å². The van der Waals surface area contributed by atoms with Crippen molar-refractivity contribution >= 4 is 5.69 Å². The number of fused-ring (bicyclic) bond motifs is 1. The standard InChI is InChI=1S/C15H19N3O/c1-2-5-17-6-8-18(9-7-17)11-13-3-4-14-15(10-13)19-12-16-14/h1,3-4,10,16H,5-9,11-12H2. The number of hydrogen-bond acceptors (Lipinski definition) is 4. The molecule has 0 radical (unpaired) electrons. The maximum atomic E-state index is 5.52. The fourth-order valence-electron chi connectivity index (χ4n) is 2.61. The van der Waals surface area contributed by atoms with Gasteiger partial charge in [0.15, 0.2) is 6.73 Å². The fourth-order valence-corrected chi connectivity index (χ4v) is 2.61. The lowest BCUT2D eigenvalue weighted by atomic mass is 10.1. The quantitative estimate of drug-likeness (QED) is 0.824. The molecule has 0 amide bonds. The van der Waals surface area contributed by atoms with Crippen LogP contribution < -0.4 is 10.1 Å². The van der Waals surface area contributed by atoms with E-state index >= 15 is 0 Å². The first kappa shape index (κ1) is 12.3. The van der Waals surface area contributed by atoms with E-state index in [2.05, 4.69) is 39.2 Å². The van der Waals surface area contributed by atoms with Gasteiger partial charge in [-0.05, 0) is 17.7 Å². The second-order valence-corrected chi connectivity index (χ2v) is 5.05. The first-order chi connectivity index (χ1) is 9.35. The zero-order valence-electron chi connectivity index (χ0n) is 11.1. The highest BCUT2D eigenvalue weighted by Crippen LogP contribution is 2.30. The minimum absolute atomic E-state index is 0.587. The van der Waals surface area contributed by atoms with Crippen molar-refractivity contribution in [3.05, 3.63) is 23.8 Å². The number of terminal acetylenes is 1. The molecule has 0 unspecified atom stereocenters. The molecule has 4 heteroatoms. The number of nitrogens with one attached hydrogen (secondary N) is 1. The number of anilines is 1. The summed E-state index contributed by atoms with van der Waals surface area (Å²) in [6.07, 6.45) is 5.34. The molecule has 100 valence electrons. The van der Waals surface area contributed by atoms with Crippen LogP contribution in [-0.2, 0) is 6.54 Å². The Bertz CT molecular complexity index is 487. The van der Waals surface area contributed by atoms with Crippen molar-refractivity contribution in [1.82, 2.24) is 9.80 Å². The highest BCUT2D eigenvalue weighted by atomic mass is 16.5. The summed E-state index contributed by atoms with van der Waals surface area (Å²) in [5.41, 5.74) is 2.41. The molecule has 3 rings (SSSR count). The van der Waals surface area contributed by atoms with Gasteiger partial charge in [-0.25, -0.2) is 0 Å². The number of hydrogen-bond donors (Lipinski definition) is 1. The van der Waals surface area contributed by atoms with Gasteiger partial charge in [0.1, 0.15) is 5.75 Å². The van der Waals surface area contributed by atoms with Crippen molar-refractivity contribution in [3.8, 4) is 18.1 Å². The Morgan fingerprint density at radius 3 is 2.79 bits per heavy atom. The predicted molar refractivity (Wildman–Crippen MR) is 76.1 cm³/mol. The van der Waals surface area contributed by atoms with Gasteiger partial charge >= 0.3 is 0 Å². The van der Waals surface area contributed by atoms with E-state index in [4.69, 9.17) is 11.2 Å². The van der Waals surface area contributed by atoms with Gasteiger partial charge < -0.3 is 10.1 Å². The Hall–Kier alpha value is -1.70. The first-order valence-corrected chi connectivity index (χ1v) is 6.73. The average molecular weight is 257 g/mol. The second-order valence-electron chi connectivity index (χ2n) is 5.05. The summed E-state index contributed by atoms with van der Waals surface area (Å²) in [6.45, 7) is 6.63. The largest absolute Gasteiger partial charge is 0.471 e. The number of rotatable bonds is 3. The molecule has 1 saturated heterocycles. The van der Waals surface area contributed by atoms with Gasteiger partial charge in [-0.1, -0.05) is 12.0 Å². The fraction of sp³-hybridized carbons (Fsp3) is 0.467. The van der Waals surface area contributed by atoms with E-state index < -0.39 is 0 Å². The van der Waals surface area contributed by atoms with Crippen LogP contribution in [0, 0.1) is 12.3 Å². The monoisotopic (exact) mass is 257 g/mol. The van der Waals surface area contributed by atoms with Crippen molar-refractivity contribution in [2.24, 2.45) is 0 Å². The van der Waals surface area contributed by atoms with E-state index in [1.807, 2.05) is 0 Å². The molecule has 0 aromatic heterocycles. The third-order valence-electron chi connectivity index (χ3n) is 3.72. The summed E-state index contributed by atoms with van der Waals surface area (Å²) in [5.74, 6) is 3.69. The van der Waals surface area contributed by atoms with Crippen molar-refractivity contribution in [2.45, 2.75) is 6.54 Å². The maximum Gasteiger partial charge on any atom is 0.159 e. The molecule has 0 saturated carbocycles. The van der Waals surface area contributed by atoms with Crippen LogP contribution in [0.3, 0.4) is 0 Å². The number of ether oxygens (including phenoxy) is 1. The molecule has 2 heterocycles. The first-order valence-electron chi connectivity index (χ1n) is 6.73. The van der Waals surface area contributed by atoms with Crippen LogP contribution in [0.4, 0.5) is 5.69 Å². The van der Waals surface area contributed by atoms with E-state index in [0.717, 1.165) is 50.7 Å². The molecule has 4 nitrogen and oxygen atoms in total. The lowest BCUT2D eigenvalue weighted by molar-refractivity contribution is 0.138. The van der Waals surface area contributed by atoms with Crippen molar-refractivity contribution in [1.29, 1.82) is 0 Å². The molecule has 1 N–H and O–H groups in total. The number of piperazine rings is 1. The van der Waals surface area contributed by atoms with E-state index in [1.165, 1.54) is 5.56 Å². The van der Waals surface area contributed by atoms with Crippen molar-refractivity contribution < 1.29 is 4.74 Å². The Balaban J connectivity index is 1.56. The maximum absolute atomic E-state index is 5.52. The SMILES string of the molecule is C#CCN1CCN(Cc2ccc3c(c2)OCN3)CC1. The zero-order valence-corrected chi connectivity index (χ0v) is 11.1. The smallest absolute Gasteiger partial charge is 0.159 e. The Kier molecular flexibility index (Phi) is 3.58. The predicted octanol–water partition coefficient (Wildman–Crippen LogP) is 1.20. The van der Waals surface area contributed by atoms with Gasteiger partial charge in [-0.3, -0.25) is 9.80 Å². The molecule has 1 aromatic carbocycles. The molecule has 19 heavy (non-hydrogen) atoms. The summed E-state index contributed by atoms with van der Waals surface area (Å²) >= 11 is 0. The molecule has 0 spiro atoms. The topological polar surface area (TPSA) is 27.7 Å². The molecular formula is C15H19N3O. The molecule has 1 aromatic rings. The summed E-state index contributed by atoms with van der Waals surface area (Å²) in [6, 6.07) is 6.42. The molecule has 0 bridgehead atoms. The van der Waals surface area contributed by atoms with Crippen LogP contribution in [0.25, 0.3) is 0 Å².